The van der Waals surface area contributed by atoms with Crippen molar-refractivity contribution in [2.45, 2.75) is 13.8 Å². The first-order valence-corrected chi connectivity index (χ1v) is 5.81. The van der Waals surface area contributed by atoms with E-state index in [4.69, 9.17) is 5.73 Å². The number of nitrogens with two attached hydrogens (primary N) is 1. The Labute approximate surface area is 119 Å². The van der Waals surface area contributed by atoms with Crippen LogP contribution in [-0.2, 0) is 4.79 Å². The monoisotopic (exact) mass is 276 g/mol. The van der Waals surface area contributed by atoms with Crippen molar-refractivity contribution in [2.75, 3.05) is 10.6 Å². The summed E-state index contributed by atoms with van der Waals surface area (Å²) in [6, 6.07) is 15.2. The summed E-state index contributed by atoms with van der Waals surface area (Å²) >= 11 is 0. The third-order valence-corrected chi connectivity index (χ3v) is 2.75. The van der Waals surface area contributed by atoms with Gasteiger partial charge in [0.1, 0.15) is 0 Å². The number of aryl methyl sites for hydroxylation is 1. The van der Waals surface area contributed by atoms with Gasteiger partial charge in [0.05, 0.1) is 11.4 Å². The fourth-order valence-electron chi connectivity index (χ4n) is 1.95. The van der Waals surface area contributed by atoms with E-state index in [2.05, 4.69) is 0 Å². The first-order chi connectivity index (χ1) is 8.59. The Hall–Kier alpha value is -2.00. The topological polar surface area (TPSA) is 46.3 Å². The molecule has 100 valence electrons. The maximum atomic E-state index is 11.9. The first-order valence-electron chi connectivity index (χ1n) is 5.81. The number of nitrogens with zero attached hydrogens (tertiary/aromatic N) is 1. The normalized spacial score (nSPS) is 9.58. The van der Waals surface area contributed by atoms with Crippen molar-refractivity contribution >= 4 is 35.4 Å². The molecule has 0 aliphatic rings. The van der Waals surface area contributed by atoms with Gasteiger partial charge in [-0.3, -0.25) is 9.69 Å². The van der Waals surface area contributed by atoms with Gasteiger partial charge in [-0.2, -0.15) is 0 Å². The number of hydrogen-bond donors (Lipinski definition) is 1. The molecule has 0 aliphatic carbocycles. The van der Waals surface area contributed by atoms with E-state index in [1.807, 2.05) is 55.5 Å². The van der Waals surface area contributed by atoms with E-state index in [0.29, 0.717) is 5.69 Å². The zero-order valence-electron chi connectivity index (χ0n) is 11.0. The molecular weight excluding hydrogens is 260 g/mol. The van der Waals surface area contributed by atoms with E-state index in [9.17, 15) is 4.79 Å². The van der Waals surface area contributed by atoms with Crippen LogP contribution in [0.15, 0.2) is 48.5 Å². The number of nitrogen functional groups attached to an aromatic ring is 1. The third kappa shape index (κ3) is 3.26. The molecule has 0 atom stereocenters. The van der Waals surface area contributed by atoms with Crippen molar-refractivity contribution in [1.29, 1.82) is 0 Å². The molecule has 2 rings (SSSR count). The molecule has 0 radical (unpaired) electrons. The minimum Gasteiger partial charge on any atom is -0.397 e. The largest absolute Gasteiger partial charge is 0.397 e. The fraction of sp³-hybridized carbons (Fsp3) is 0.133. The van der Waals surface area contributed by atoms with E-state index in [1.165, 1.54) is 6.92 Å². The predicted molar refractivity (Wildman–Crippen MR) is 82.1 cm³/mol. The molecule has 0 unspecified atom stereocenters. The Balaban J connectivity index is 0.00000180. The zero-order valence-corrected chi connectivity index (χ0v) is 11.8. The lowest BCUT2D eigenvalue weighted by atomic mass is 10.1. The van der Waals surface area contributed by atoms with Gasteiger partial charge < -0.3 is 5.73 Å². The van der Waals surface area contributed by atoms with Crippen LogP contribution in [0.2, 0.25) is 0 Å². The van der Waals surface area contributed by atoms with Gasteiger partial charge in [0, 0.05) is 12.6 Å². The summed E-state index contributed by atoms with van der Waals surface area (Å²) in [5, 5.41) is 0. The molecule has 0 bridgehead atoms. The number of benzene rings is 2. The summed E-state index contributed by atoms with van der Waals surface area (Å²) in [7, 11) is 0. The Kier molecular flexibility index (Phi) is 4.95. The van der Waals surface area contributed by atoms with E-state index in [-0.39, 0.29) is 18.3 Å². The summed E-state index contributed by atoms with van der Waals surface area (Å²) in [5.74, 6) is -0.0586. The second kappa shape index (κ2) is 6.25. The minimum atomic E-state index is -0.0586. The van der Waals surface area contributed by atoms with E-state index >= 15 is 0 Å². The smallest absolute Gasteiger partial charge is 0.228 e. The van der Waals surface area contributed by atoms with Gasteiger partial charge in [-0.25, -0.2) is 0 Å². The summed E-state index contributed by atoms with van der Waals surface area (Å²) in [4.78, 5) is 13.5. The van der Waals surface area contributed by atoms with Crippen molar-refractivity contribution < 1.29 is 4.79 Å². The van der Waals surface area contributed by atoms with Crippen molar-refractivity contribution in [1.82, 2.24) is 0 Å². The molecule has 2 N–H and O–H groups in total. The number of rotatable bonds is 2. The van der Waals surface area contributed by atoms with Gasteiger partial charge in [0.25, 0.3) is 0 Å². The lowest BCUT2D eigenvalue weighted by molar-refractivity contribution is -0.115. The molecule has 0 aliphatic heterocycles. The lowest BCUT2D eigenvalue weighted by Gasteiger charge is -2.23. The van der Waals surface area contributed by atoms with Gasteiger partial charge in [-0.15, -0.1) is 12.4 Å². The number of amides is 1. The second-order valence-electron chi connectivity index (χ2n) is 4.25. The highest BCUT2D eigenvalue weighted by Crippen LogP contribution is 2.30. The quantitative estimate of drug-likeness (QED) is 0.851. The summed E-state index contributed by atoms with van der Waals surface area (Å²) in [5.41, 5.74) is 9.23. The lowest BCUT2D eigenvalue weighted by Crippen LogP contribution is -2.23. The summed E-state index contributed by atoms with van der Waals surface area (Å²) in [6.07, 6.45) is 0. The molecule has 3 nitrogen and oxygen atoms in total. The van der Waals surface area contributed by atoms with Gasteiger partial charge in [-0.1, -0.05) is 24.3 Å². The Bertz CT molecular complexity index is 570. The molecule has 2 aromatic rings. The number of anilines is 3. The van der Waals surface area contributed by atoms with Crippen molar-refractivity contribution in [3.8, 4) is 0 Å². The van der Waals surface area contributed by atoms with Crippen LogP contribution >= 0.6 is 12.4 Å². The zero-order chi connectivity index (χ0) is 13.1. The Morgan fingerprint density at radius 1 is 1.11 bits per heavy atom. The van der Waals surface area contributed by atoms with Crippen LogP contribution in [0.5, 0.6) is 0 Å². The molecule has 2 aromatic carbocycles. The molecule has 1 amide bonds. The summed E-state index contributed by atoms with van der Waals surface area (Å²) < 4.78 is 0. The van der Waals surface area contributed by atoms with E-state index in [0.717, 1.165) is 16.9 Å². The Morgan fingerprint density at radius 2 is 1.74 bits per heavy atom. The summed E-state index contributed by atoms with van der Waals surface area (Å²) in [6.45, 7) is 3.51. The average molecular weight is 277 g/mol. The standard InChI is InChI=1S/C15H16N2O.ClH/c1-11-8-9-15(14(16)10-11)17(12(2)18)13-6-4-3-5-7-13;/h3-10H,16H2,1-2H3;1H. The number of halogens is 1. The van der Waals surface area contributed by atoms with Gasteiger partial charge in [0.15, 0.2) is 0 Å². The van der Waals surface area contributed by atoms with Gasteiger partial charge in [-0.05, 0) is 36.8 Å². The SMILES string of the molecule is CC(=O)N(c1ccccc1)c1ccc(C)cc1N.Cl. The molecule has 0 saturated heterocycles. The van der Waals surface area contributed by atoms with E-state index < -0.39 is 0 Å². The van der Waals surface area contributed by atoms with Crippen molar-refractivity contribution in [3.63, 3.8) is 0 Å². The number of hydrogen-bond acceptors (Lipinski definition) is 2. The molecule has 0 fully saturated rings. The molecule has 4 heteroatoms. The molecule has 0 spiro atoms. The van der Waals surface area contributed by atoms with Crippen LogP contribution in [0.25, 0.3) is 0 Å². The second-order valence-corrected chi connectivity index (χ2v) is 4.25. The van der Waals surface area contributed by atoms with Crippen molar-refractivity contribution in [2.24, 2.45) is 0 Å². The highest BCUT2D eigenvalue weighted by Gasteiger charge is 2.16. The third-order valence-electron chi connectivity index (χ3n) is 2.75. The maximum Gasteiger partial charge on any atom is 0.228 e. The van der Waals surface area contributed by atoms with Crippen molar-refractivity contribution in [3.05, 3.63) is 54.1 Å². The highest BCUT2D eigenvalue weighted by molar-refractivity contribution is 6.01. The van der Waals surface area contributed by atoms with Crippen LogP contribution in [-0.4, -0.2) is 5.91 Å². The predicted octanol–water partition coefficient (Wildman–Crippen LogP) is 3.68. The maximum absolute atomic E-state index is 11.9. The number of carbonyl (C=O) groups is 1. The van der Waals surface area contributed by atoms with Crippen LogP contribution in [0.4, 0.5) is 17.1 Å². The van der Waals surface area contributed by atoms with Gasteiger partial charge >= 0.3 is 0 Å². The van der Waals surface area contributed by atoms with Crippen LogP contribution in [0.1, 0.15) is 12.5 Å². The highest BCUT2D eigenvalue weighted by atomic mass is 35.5. The van der Waals surface area contributed by atoms with Gasteiger partial charge in [0.2, 0.25) is 5.91 Å². The minimum absolute atomic E-state index is 0. The molecule has 0 aromatic heterocycles. The number of para-hydroxylation sites is 1. The average Bonchev–Trinajstić information content (AvgIpc) is 2.33. The molecule has 0 saturated carbocycles. The van der Waals surface area contributed by atoms with Crippen LogP contribution in [0, 0.1) is 6.92 Å². The molecule has 0 heterocycles. The van der Waals surface area contributed by atoms with E-state index in [1.54, 1.807) is 4.90 Å². The first kappa shape index (κ1) is 15.1. The fourth-order valence-corrected chi connectivity index (χ4v) is 1.95. The number of carbonyl (C=O) groups excluding carboxylic acids is 1. The Morgan fingerprint density at radius 3 is 2.26 bits per heavy atom. The van der Waals surface area contributed by atoms with Crippen LogP contribution < -0.4 is 10.6 Å². The molecular formula is C15H17ClN2O. The van der Waals surface area contributed by atoms with Crippen LogP contribution in [0.3, 0.4) is 0 Å². The molecule has 19 heavy (non-hydrogen) atoms.